The topological polar surface area (TPSA) is 29.9 Å². The molecule has 3 nitrogen and oxygen atoms in total. The van der Waals surface area contributed by atoms with Gasteiger partial charge in [-0.05, 0) is 45.0 Å². The van der Waals surface area contributed by atoms with E-state index in [4.69, 9.17) is 11.6 Å². The highest BCUT2D eigenvalue weighted by atomic mass is 35.5. The SMILES string of the molecule is CCNC(C)c1cnn(-c2ccc(C)c(Cl)c2)c1C. The predicted molar refractivity (Wildman–Crippen MR) is 80.1 cm³/mol. The van der Waals surface area contributed by atoms with E-state index in [0.717, 1.165) is 28.5 Å². The third kappa shape index (κ3) is 2.82. The smallest absolute Gasteiger partial charge is 0.0663 e. The molecule has 1 aromatic heterocycles. The van der Waals surface area contributed by atoms with Crippen LogP contribution in [-0.4, -0.2) is 16.3 Å². The van der Waals surface area contributed by atoms with Gasteiger partial charge in [-0.25, -0.2) is 4.68 Å². The van der Waals surface area contributed by atoms with E-state index < -0.39 is 0 Å². The fourth-order valence-electron chi connectivity index (χ4n) is 2.24. The lowest BCUT2D eigenvalue weighted by Gasteiger charge is -2.12. The summed E-state index contributed by atoms with van der Waals surface area (Å²) in [5.41, 5.74) is 4.45. The first-order valence-electron chi connectivity index (χ1n) is 6.59. The van der Waals surface area contributed by atoms with Crippen molar-refractivity contribution in [2.75, 3.05) is 6.54 Å². The summed E-state index contributed by atoms with van der Waals surface area (Å²) >= 11 is 6.18. The fourth-order valence-corrected chi connectivity index (χ4v) is 2.41. The molecule has 2 aromatic rings. The molecule has 0 saturated heterocycles. The number of nitrogens with zero attached hydrogens (tertiary/aromatic N) is 2. The predicted octanol–water partition coefficient (Wildman–Crippen LogP) is 3.81. The van der Waals surface area contributed by atoms with Crippen LogP contribution < -0.4 is 5.32 Å². The lowest BCUT2D eigenvalue weighted by Crippen LogP contribution is -2.18. The molecule has 1 heterocycles. The van der Waals surface area contributed by atoms with Crippen LogP contribution in [0.5, 0.6) is 0 Å². The molecular formula is C15H20ClN3. The highest BCUT2D eigenvalue weighted by Gasteiger charge is 2.13. The van der Waals surface area contributed by atoms with Gasteiger partial charge in [0.15, 0.2) is 0 Å². The highest BCUT2D eigenvalue weighted by Crippen LogP contribution is 2.23. The molecule has 0 aliphatic heterocycles. The van der Waals surface area contributed by atoms with E-state index in [-0.39, 0.29) is 0 Å². The van der Waals surface area contributed by atoms with Gasteiger partial charge in [-0.2, -0.15) is 5.10 Å². The molecule has 0 fully saturated rings. The van der Waals surface area contributed by atoms with Gasteiger partial charge in [-0.1, -0.05) is 24.6 Å². The van der Waals surface area contributed by atoms with Gasteiger partial charge in [-0.3, -0.25) is 0 Å². The second kappa shape index (κ2) is 5.76. The summed E-state index contributed by atoms with van der Waals surface area (Å²) in [4.78, 5) is 0. The molecule has 0 radical (unpaired) electrons. The molecule has 4 heteroatoms. The lowest BCUT2D eigenvalue weighted by molar-refractivity contribution is 0.594. The maximum absolute atomic E-state index is 6.18. The van der Waals surface area contributed by atoms with Crippen LogP contribution in [0, 0.1) is 13.8 Å². The van der Waals surface area contributed by atoms with Crippen LogP contribution in [0.3, 0.4) is 0 Å². The van der Waals surface area contributed by atoms with E-state index in [1.807, 2.05) is 36.0 Å². The Hall–Kier alpha value is -1.32. The zero-order valence-electron chi connectivity index (χ0n) is 11.9. The van der Waals surface area contributed by atoms with E-state index in [0.29, 0.717) is 6.04 Å². The molecule has 2 rings (SSSR count). The van der Waals surface area contributed by atoms with Crippen molar-refractivity contribution in [3.8, 4) is 5.69 Å². The van der Waals surface area contributed by atoms with Crippen molar-refractivity contribution in [3.05, 3.63) is 46.2 Å². The van der Waals surface area contributed by atoms with Crippen LogP contribution in [0.2, 0.25) is 5.02 Å². The Kier molecular flexibility index (Phi) is 4.27. The Morgan fingerprint density at radius 1 is 1.37 bits per heavy atom. The lowest BCUT2D eigenvalue weighted by atomic mass is 10.1. The van der Waals surface area contributed by atoms with Gasteiger partial charge in [0.25, 0.3) is 0 Å². The van der Waals surface area contributed by atoms with Gasteiger partial charge >= 0.3 is 0 Å². The number of hydrogen-bond acceptors (Lipinski definition) is 2. The molecule has 0 aliphatic carbocycles. The van der Waals surface area contributed by atoms with Crippen LogP contribution in [0.4, 0.5) is 0 Å². The van der Waals surface area contributed by atoms with E-state index in [1.165, 1.54) is 5.56 Å². The molecule has 1 atom stereocenters. The molecule has 0 aliphatic rings. The monoisotopic (exact) mass is 277 g/mol. The molecule has 0 spiro atoms. The van der Waals surface area contributed by atoms with E-state index in [2.05, 4.69) is 31.2 Å². The first-order valence-corrected chi connectivity index (χ1v) is 6.96. The van der Waals surface area contributed by atoms with Crippen LogP contribution >= 0.6 is 11.6 Å². The number of hydrogen-bond donors (Lipinski definition) is 1. The second-order valence-electron chi connectivity index (χ2n) is 4.81. The van der Waals surface area contributed by atoms with Gasteiger partial charge in [0.2, 0.25) is 0 Å². The van der Waals surface area contributed by atoms with Gasteiger partial charge in [-0.15, -0.1) is 0 Å². The molecule has 0 bridgehead atoms. The second-order valence-corrected chi connectivity index (χ2v) is 5.22. The quantitative estimate of drug-likeness (QED) is 0.921. The van der Waals surface area contributed by atoms with Crippen molar-refractivity contribution < 1.29 is 0 Å². The minimum absolute atomic E-state index is 0.305. The molecule has 1 aromatic carbocycles. The number of benzene rings is 1. The Morgan fingerprint density at radius 3 is 2.74 bits per heavy atom. The van der Waals surface area contributed by atoms with Crippen molar-refractivity contribution in [1.29, 1.82) is 0 Å². The van der Waals surface area contributed by atoms with E-state index in [1.54, 1.807) is 0 Å². The van der Waals surface area contributed by atoms with Gasteiger partial charge < -0.3 is 5.32 Å². The normalized spacial score (nSPS) is 12.7. The van der Waals surface area contributed by atoms with Crippen molar-refractivity contribution in [3.63, 3.8) is 0 Å². The summed E-state index contributed by atoms with van der Waals surface area (Å²) in [6.07, 6.45) is 1.93. The molecule has 1 unspecified atom stereocenters. The van der Waals surface area contributed by atoms with Gasteiger partial charge in [0.1, 0.15) is 0 Å². The maximum Gasteiger partial charge on any atom is 0.0663 e. The molecule has 102 valence electrons. The largest absolute Gasteiger partial charge is 0.310 e. The summed E-state index contributed by atoms with van der Waals surface area (Å²) in [5, 5.41) is 8.66. The van der Waals surface area contributed by atoms with E-state index in [9.17, 15) is 0 Å². The van der Waals surface area contributed by atoms with Crippen LogP contribution in [0.15, 0.2) is 24.4 Å². The van der Waals surface area contributed by atoms with Crippen LogP contribution in [0.1, 0.15) is 36.7 Å². The minimum Gasteiger partial charge on any atom is -0.310 e. The molecule has 1 N–H and O–H groups in total. The number of halogens is 1. The number of aromatic nitrogens is 2. The van der Waals surface area contributed by atoms with Crippen LogP contribution in [0.25, 0.3) is 5.69 Å². The first-order chi connectivity index (χ1) is 9.04. The van der Waals surface area contributed by atoms with Gasteiger partial charge in [0, 0.05) is 22.3 Å². The molecule has 0 saturated carbocycles. The minimum atomic E-state index is 0.305. The number of nitrogens with one attached hydrogen (secondary N) is 1. The van der Waals surface area contributed by atoms with Crippen molar-refractivity contribution in [2.24, 2.45) is 0 Å². The fraction of sp³-hybridized carbons (Fsp3) is 0.400. The Labute approximate surface area is 119 Å². The van der Waals surface area contributed by atoms with Crippen molar-refractivity contribution in [1.82, 2.24) is 15.1 Å². The Balaban J connectivity index is 2.38. The van der Waals surface area contributed by atoms with Crippen LogP contribution in [-0.2, 0) is 0 Å². The average Bonchev–Trinajstić information content (AvgIpc) is 2.75. The number of aryl methyl sites for hydroxylation is 1. The maximum atomic E-state index is 6.18. The third-order valence-electron chi connectivity index (χ3n) is 3.42. The standard InChI is InChI=1S/C15H20ClN3/c1-5-17-11(3)14-9-18-19(12(14)4)13-7-6-10(2)15(16)8-13/h6-9,11,17H,5H2,1-4H3. The Bertz CT molecular complexity index is 575. The Morgan fingerprint density at radius 2 is 2.11 bits per heavy atom. The zero-order valence-corrected chi connectivity index (χ0v) is 12.6. The number of rotatable bonds is 4. The highest BCUT2D eigenvalue weighted by molar-refractivity contribution is 6.31. The summed E-state index contributed by atoms with van der Waals surface area (Å²) in [7, 11) is 0. The summed E-state index contributed by atoms with van der Waals surface area (Å²) in [6.45, 7) is 9.29. The van der Waals surface area contributed by atoms with Gasteiger partial charge in [0.05, 0.1) is 11.9 Å². The summed E-state index contributed by atoms with van der Waals surface area (Å²) in [6, 6.07) is 6.33. The molecular weight excluding hydrogens is 258 g/mol. The molecule has 19 heavy (non-hydrogen) atoms. The molecule has 0 amide bonds. The van der Waals surface area contributed by atoms with Crippen molar-refractivity contribution in [2.45, 2.75) is 33.7 Å². The van der Waals surface area contributed by atoms with E-state index >= 15 is 0 Å². The van der Waals surface area contributed by atoms with Crippen molar-refractivity contribution >= 4 is 11.6 Å². The first kappa shape index (κ1) is 14.1. The summed E-state index contributed by atoms with van der Waals surface area (Å²) in [5.74, 6) is 0. The summed E-state index contributed by atoms with van der Waals surface area (Å²) < 4.78 is 1.94. The third-order valence-corrected chi connectivity index (χ3v) is 3.83. The average molecular weight is 278 g/mol. The zero-order chi connectivity index (χ0) is 14.0.